The molecule has 0 aromatic heterocycles. The molecule has 0 bridgehead atoms. The number of ether oxygens (including phenoxy) is 1. The van der Waals surface area contributed by atoms with Crippen LogP contribution >= 0.6 is 0 Å². The van der Waals surface area contributed by atoms with Gasteiger partial charge in [0.25, 0.3) is 0 Å². The molecule has 0 spiro atoms. The Bertz CT molecular complexity index is 408. The van der Waals surface area contributed by atoms with Gasteiger partial charge in [-0.15, -0.1) is 0 Å². The predicted molar refractivity (Wildman–Crippen MR) is 81.6 cm³/mol. The van der Waals surface area contributed by atoms with Crippen molar-refractivity contribution in [2.75, 3.05) is 58.2 Å². The highest BCUT2D eigenvalue weighted by Crippen LogP contribution is 1.98. The maximum Gasteiger partial charge on any atom is 0.219 e. The van der Waals surface area contributed by atoms with E-state index in [1.54, 1.807) is 4.90 Å². The first-order valence-corrected chi connectivity index (χ1v) is 9.13. The minimum Gasteiger partial charge on any atom is -0.379 e. The first-order valence-electron chi connectivity index (χ1n) is 7.47. The van der Waals surface area contributed by atoms with Crippen molar-refractivity contribution in [2.45, 2.75) is 20.3 Å². The van der Waals surface area contributed by atoms with E-state index in [0.717, 1.165) is 32.8 Å². The average Bonchev–Trinajstić information content (AvgIpc) is 2.43. The Morgan fingerprint density at radius 3 is 2.52 bits per heavy atom. The van der Waals surface area contributed by atoms with Crippen LogP contribution in [0.4, 0.5) is 0 Å². The number of sulfonamides is 1. The van der Waals surface area contributed by atoms with Gasteiger partial charge in [-0.1, -0.05) is 6.92 Å². The third-order valence-corrected chi connectivity index (χ3v) is 5.00. The van der Waals surface area contributed by atoms with E-state index in [1.165, 1.54) is 6.92 Å². The van der Waals surface area contributed by atoms with Crippen LogP contribution in [0.15, 0.2) is 0 Å². The molecule has 0 unspecified atom stereocenters. The summed E-state index contributed by atoms with van der Waals surface area (Å²) in [6.45, 7) is 8.66. The number of amides is 1. The lowest BCUT2D eigenvalue weighted by Crippen LogP contribution is -2.44. The summed E-state index contributed by atoms with van der Waals surface area (Å²) >= 11 is 0. The molecule has 0 saturated carbocycles. The Balaban J connectivity index is 2.31. The van der Waals surface area contributed by atoms with Gasteiger partial charge in [-0.05, 0) is 6.42 Å². The van der Waals surface area contributed by atoms with Crippen molar-refractivity contribution in [2.24, 2.45) is 0 Å². The second-order valence-electron chi connectivity index (χ2n) is 5.17. The van der Waals surface area contributed by atoms with Gasteiger partial charge < -0.3 is 9.64 Å². The third-order valence-electron chi connectivity index (χ3n) is 3.41. The zero-order valence-electron chi connectivity index (χ0n) is 13.0. The number of morpholine rings is 1. The zero-order chi connectivity index (χ0) is 15.7. The number of hydrogen-bond donors (Lipinski definition) is 1. The molecule has 0 aromatic carbocycles. The van der Waals surface area contributed by atoms with Gasteiger partial charge in [0.1, 0.15) is 0 Å². The Kier molecular flexibility index (Phi) is 8.16. The van der Waals surface area contributed by atoms with Crippen LogP contribution in [0.2, 0.25) is 0 Å². The summed E-state index contributed by atoms with van der Waals surface area (Å²) in [5.41, 5.74) is 0. The van der Waals surface area contributed by atoms with E-state index in [0.29, 0.717) is 19.5 Å². The van der Waals surface area contributed by atoms with E-state index in [-0.39, 0.29) is 18.2 Å². The van der Waals surface area contributed by atoms with E-state index in [1.807, 2.05) is 6.92 Å². The Morgan fingerprint density at radius 1 is 1.29 bits per heavy atom. The summed E-state index contributed by atoms with van der Waals surface area (Å²) in [4.78, 5) is 15.5. The maximum absolute atomic E-state index is 11.6. The summed E-state index contributed by atoms with van der Waals surface area (Å²) in [5, 5.41) is 0. The summed E-state index contributed by atoms with van der Waals surface area (Å²) < 4.78 is 30.9. The van der Waals surface area contributed by atoms with E-state index < -0.39 is 10.0 Å². The molecule has 1 amide bonds. The molecule has 1 rings (SSSR count). The summed E-state index contributed by atoms with van der Waals surface area (Å²) in [5.74, 6) is 0.0962. The SMILES string of the molecule is CCCS(=O)(=O)NCCN(CCN1CCOCC1)C(C)=O. The number of carbonyl (C=O) groups excluding carboxylic acids is 1. The Hall–Kier alpha value is -0.700. The van der Waals surface area contributed by atoms with Crippen molar-refractivity contribution in [3.63, 3.8) is 0 Å². The molecule has 21 heavy (non-hydrogen) atoms. The predicted octanol–water partition coefficient (Wildman–Crippen LogP) is -0.503. The molecule has 1 fully saturated rings. The van der Waals surface area contributed by atoms with Gasteiger partial charge in [-0.2, -0.15) is 0 Å². The van der Waals surface area contributed by atoms with Crippen LogP contribution in [0.25, 0.3) is 0 Å². The molecule has 1 saturated heterocycles. The van der Waals surface area contributed by atoms with Crippen LogP contribution in [0.1, 0.15) is 20.3 Å². The van der Waals surface area contributed by atoms with Crippen molar-refractivity contribution < 1.29 is 17.9 Å². The molecule has 124 valence electrons. The van der Waals surface area contributed by atoms with Crippen molar-refractivity contribution in [3.8, 4) is 0 Å². The molecule has 8 heteroatoms. The van der Waals surface area contributed by atoms with Gasteiger partial charge in [0.15, 0.2) is 0 Å². The summed E-state index contributed by atoms with van der Waals surface area (Å²) in [6.07, 6.45) is 0.586. The molecule has 1 aliphatic heterocycles. The molecule has 7 nitrogen and oxygen atoms in total. The van der Waals surface area contributed by atoms with Crippen LogP contribution in [-0.2, 0) is 19.6 Å². The normalized spacial score (nSPS) is 16.9. The fourth-order valence-electron chi connectivity index (χ4n) is 2.19. The quantitative estimate of drug-likeness (QED) is 0.619. The lowest BCUT2D eigenvalue weighted by Gasteiger charge is -2.29. The van der Waals surface area contributed by atoms with Crippen molar-refractivity contribution in [3.05, 3.63) is 0 Å². The molecule has 0 aliphatic carbocycles. The van der Waals surface area contributed by atoms with Gasteiger partial charge >= 0.3 is 0 Å². The van der Waals surface area contributed by atoms with Gasteiger partial charge in [0.2, 0.25) is 15.9 Å². The topological polar surface area (TPSA) is 79.0 Å². The van der Waals surface area contributed by atoms with Crippen LogP contribution in [-0.4, -0.2) is 82.4 Å². The first-order chi connectivity index (χ1) is 9.94. The number of hydrogen-bond acceptors (Lipinski definition) is 5. The molecule has 0 aromatic rings. The Morgan fingerprint density at radius 2 is 1.95 bits per heavy atom. The number of nitrogens with one attached hydrogen (secondary N) is 1. The number of nitrogens with zero attached hydrogens (tertiary/aromatic N) is 2. The highest BCUT2D eigenvalue weighted by molar-refractivity contribution is 7.89. The van der Waals surface area contributed by atoms with Crippen LogP contribution in [0, 0.1) is 0 Å². The number of carbonyl (C=O) groups is 1. The Labute approximate surface area is 127 Å². The lowest BCUT2D eigenvalue weighted by atomic mass is 10.3. The molecule has 0 radical (unpaired) electrons. The van der Waals surface area contributed by atoms with Crippen molar-refractivity contribution >= 4 is 15.9 Å². The standard InChI is InChI=1S/C13H27N3O4S/c1-3-12-21(18,19)14-4-5-16(13(2)17)7-6-15-8-10-20-11-9-15/h14H,3-12H2,1-2H3. The highest BCUT2D eigenvalue weighted by Gasteiger charge is 2.15. The molecule has 0 atom stereocenters. The van der Waals surface area contributed by atoms with E-state index >= 15 is 0 Å². The average molecular weight is 321 g/mol. The van der Waals surface area contributed by atoms with E-state index in [9.17, 15) is 13.2 Å². The smallest absolute Gasteiger partial charge is 0.219 e. The summed E-state index contributed by atoms with van der Waals surface area (Å²) in [6, 6.07) is 0. The largest absolute Gasteiger partial charge is 0.379 e. The molecule has 1 N–H and O–H groups in total. The third kappa shape index (κ3) is 7.75. The highest BCUT2D eigenvalue weighted by atomic mass is 32.2. The fourth-order valence-corrected chi connectivity index (χ4v) is 3.27. The fraction of sp³-hybridized carbons (Fsp3) is 0.923. The lowest BCUT2D eigenvalue weighted by molar-refractivity contribution is -0.129. The maximum atomic E-state index is 11.6. The second kappa shape index (κ2) is 9.34. The molecule has 1 aliphatic rings. The van der Waals surface area contributed by atoms with E-state index in [4.69, 9.17) is 4.74 Å². The van der Waals surface area contributed by atoms with Crippen LogP contribution in [0.3, 0.4) is 0 Å². The summed E-state index contributed by atoms with van der Waals surface area (Å²) in [7, 11) is -3.20. The minimum atomic E-state index is -3.20. The van der Waals surface area contributed by atoms with Gasteiger partial charge in [-0.25, -0.2) is 13.1 Å². The van der Waals surface area contributed by atoms with Gasteiger partial charge in [-0.3, -0.25) is 9.69 Å². The zero-order valence-corrected chi connectivity index (χ0v) is 13.8. The monoisotopic (exact) mass is 321 g/mol. The van der Waals surface area contributed by atoms with Crippen molar-refractivity contribution in [1.82, 2.24) is 14.5 Å². The minimum absolute atomic E-state index is 0.0297. The number of rotatable bonds is 9. The second-order valence-corrected chi connectivity index (χ2v) is 7.10. The first kappa shape index (κ1) is 18.3. The van der Waals surface area contributed by atoms with Crippen LogP contribution < -0.4 is 4.72 Å². The van der Waals surface area contributed by atoms with E-state index in [2.05, 4.69) is 9.62 Å². The van der Waals surface area contributed by atoms with Gasteiger partial charge in [0, 0.05) is 46.2 Å². The van der Waals surface area contributed by atoms with Crippen molar-refractivity contribution in [1.29, 1.82) is 0 Å². The van der Waals surface area contributed by atoms with Gasteiger partial charge in [0.05, 0.1) is 19.0 Å². The molecular weight excluding hydrogens is 294 g/mol. The van der Waals surface area contributed by atoms with Crippen LogP contribution in [0.5, 0.6) is 0 Å². The molecule has 1 heterocycles. The molecular formula is C13H27N3O4S.